The molecule has 1 fully saturated rings. The lowest BCUT2D eigenvalue weighted by Crippen LogP contribution is -2.31. The zero-order valence-corrected chi connectivity index (χ0v) is 15.4. The lowest BCUT2D eigenvalue weighted by Gasteiger charge is -2.17. The average Bonchev–Trinajstić information content (AvgIpc) is 3.32. The normalized spacial score (nSPS) is 17.0. The van der Waals surface area contributed by atoms with Gasteiger partial charge in [-0.25, -0.2) is 0 Å². The number of para-hydroxylation sites is 1. The van der Waals surface area contributed by atoms with E-state index in [-0.39, 0.29) is 12.0 Å². The van der Waals surface area contributed by atoms with Crippen LogP contribution in [0.25, 0.3) is 10.9 Å². The molecular weight excluding hydrogens is 348 g/mol. The van der Waals surface area contributed by atoms with Crippen molar-refractivity contribution in [3.05, 3.63) is 47.1 Å². The second-order valence-electron chi connectivity index (χ2n) is 6.41. The van der Waals surface area contributed by atoms with Gasteiger partial charge in [0.15, 0.2) is 0 Å². The maximum absolute atomic E-state index is 12.8. The molecule has 0 spiro atoms. The molecule has 7 heteroatoms. The van der Waals surface area contributed by atoms with E-state index in [9.17, 15) is 4.79 Å². The third-order valence-electron chi connectivity index (χ3n) is 4.56. The van der Waals surface area contributed by atoms with E-state index < -0.39 is 0 Å². The number of ether oxygens (including phenoxy) is 1. The van der Waals surface area contributed by atoms with Crippen LogP contribution in [0, 0.1) is 0 Å². The molecule has 0 bridgehead atoms. The maximum atomic E-state index is 12.8. The molecule has 0 aliphatic carbocycles. The predicted molar refractivity (Wildman–Crippen MR) is 101 cm³/mol. The number of nitrogens with zero attached hydrogens (tertiary/aromatic N) is 4. The second-order valence-corrected chi connectivity index (χ2v) is 7.16. The van der Waals surface area contributed by atoms with Crippen molar-refractivity contribution < 1.29 is 9.53 Å². The second kappa shape index (κ2) is 7.37. The molecule has 3 aromatic rings. The average molecular weight is 368 g/mol. The molecule has 1 aromatic carbocycles. The van der Waals surface area contributed by atoms with E-state index in [0.29, 0.717) is 18.0 Å². The van der Waals surface area contributed by atoms with Gasteiger partial charge in [-0.1, -0.05) is 36.0 Å². The van der Waals surface area contributed by atoms with Gasteiger partial charge < -0.3 is 9.64 Å². The predicted octanol–water partition coefficient (Wildman–Crippen LogP) is 3.33. The minimum Gasteiger partial charge on any atom is -0.486 e. The van der Waals surface area contributed by atoms with E-state index in [0.717, 1.165) is 41.6 Å². The third kappa shape index (κ3) is 3.26. The van der Waals surface area contributed by atoms with E-state index in [1.165, 1.54) is 11.5 Å². The molecule has 1 saturated heterocycles. The minimum atomic E-state index is -0.0259. The van der Waals surface area contributed by atoms with Gasteiger partial charge in [0.05, 0.1) is 12.2 Å². The highest BCUT2D eigenvalue weighted by Gasteiger charge is 2.31. The van der Waals surface area contributed by atoms with Crippen molar-refractivity contribution >= 4 is 28.3 Å². The summed E-state index contributed by atoms with van der Waals surface area (Å²) in [6.45, 7) is 3.34. The Hall–Kier alpha value is -2.54. The van der Waals surface area contributed by atoms with Crippen molar-refractivity contribution in [2.45, 2.75) is 32.3 Å². The number of likely N-dealkylation sites (tertiary alicyclic amines) is 1. The Balaban J connectivity index is 1.47. The standard InChI is InChI=1S/C19H20N4O2S/c1-2-5-15-18(26-22-21-15)19(24)23-11-9-14(12-23)25-16-8-3-6-13-7-4-10-20-17(13)16/h3-4,6-8,10,14H,2,5,9,11-12H2,1H3. The molecule has 6 nitrogen and oxygen atoms in total. The molecular formula is C19H20N4O2S. The number of amides is 1. The number of hydrogen-bond acceptors (Lipinski definition) is 6. The van der Waals surface area contributed by atoms with Gasteiger partial charge >= 0.3 is 0 Å². The Kier molecular flexibility index (Phi) is 4.79. The van der Waals surface area contributed by atoms with Crippen LogP contribution in [0.3, 0.4) is 0 Å². The van der Waals surface area contributed by atoms with Gasteiger partial charge in [-0.3, -0.25) is 9.78 Å². The quantitative estimate of drug-likeness (QED) is 0.691. The summed E-state index contributed by atoms with van der Waals surface area (Å²) in [7, 11) is 0. The first-order valence-electron chi connectivity index (χ1n) is 8.87. The fourth-order valence-electron chi connectivity index (χ4n) is 3.27. The first kappa shape index (κ1) is 16.9. The number of benzene rings is 1. The highest BCUT2D eigenvalue weighted by atomic mass is 32.1. The first-order valence-corrected chi connectivity index (χ1v) is 9.64. The largest absolute Gasteiger partial charge is 0.486 e. The van der Waals surface area contributed by atoms with E-state index >= 15 is 0 Å². The van der Waals surface area contributed by atoms with Gasteiger partial charge in [0.25, 0.3) is 5.91 Å². The molecule has 1 unspecified atom stereocenters. The van der Waals surface area contributed by atoms with Crippen molar-refractivity contribution in [1.82, 2.24) is 19.5 Å². The van der Waals surface area contributed by atoms with Crippen LogP contribution in [0.1, 0.15) is 35.1 Å². The summed E-state index contributed by atoms with van der Waals surface area (Å²) in [5, 5.41) is 5.15. The molecule has 1 aliphatic rings. The number of pyridine rings is 1. The molecule has 134 valence electrons. The fourth-order valence-corrected chi connectivity index (χ4v) is 3.95. The maximum Gasteiger partial charge on any atom is 0.267 e. The number of carbonyl (C=O) groups excluding carboxylic acids is 1. The minimum absolute atomic E-state index is 0.0191. The van der Waals surface area contributed by atoms with Crippen LogP contribution in [0.5, 0.6) is 5.75 Å². The molecule has 0 saturated carbocycles. The van der Waals surface area contributed by atoms with Gasteiger partial charge in [0, 0.05) is 24.5 Å². The highest BCUT2D eigenvalue weighted by Crippen LogP contribution is 2.27. The van der Waals surface area contributed by atoms with Crippen LogP contribution in [0.15, 0.2) is 36.5 Å². The summed E-state index contributed by atoms with van der Waals surface area (Å²) in [5.41, 5.74) is 1.67. The third-order valence-corrected chi connectivity index (χ3v) is 5.31. The number of aromatic nitrogens is 3. The zero-order chi connectivity index (χ0) is 17.9. The van der Waals surface area contributed by atoms with Gasteiger partial charge in [-0.2, -0.15) is 0 Å². The summed E-state index contributed by atoms with van der Waals surface area (Å²) in [4.78, 5) is 19.7. The van der Waals surface area contributed by atoms with Crippen molar-refractivity contribution in [3.8, 4) is 5.75 Å². The Bertz CT molecular complexity index is 921. The molecule has 0 N–H and O–H groups in total. The van der Waals surface area contributed by atoms with Gasteiger partial charge in [-0.05, 0) is 30.1 Å². The smallest absolute Gasteiger partial charge is 0.267 e. The summed E-state index contributed by atoms with van der Waals surface area (Å²) in [6.07, 6.45) is 4.29. The zero-order valence-electron chi connectivity index (χ0n) is 14.6. The van der Waals surface area contributed by atoms with Gasteiger partial charge in [0.2, 0.25) is 0 Å². The van der Waals surface area contributed by atoms with Crippen LogP contribution < -0.4 is 4.74 Å². The molecule has 1 amide bonds. The number of rotatable bonds is 5. The fraction of sp³-hybridized carbons (Fsp3) is 0.368. The number of aryl methyl sites for hydroxylation is 1. The summed E-state index contributed by atoms with van der Waals surface area (Å²) in [5.74, 6) is 0.791. The van der Waals surface area contributed by atoms with E-state index in [4.69, 9.17) is 4.74 Å². The molecule has 26 heavy (non-hydrogen) atoms. The molecule has 1 atom stereocenters. The monoisotopic (exact) mass is 368 g/mol. The van der Waals surface area contributed by atoms with Crippen molar-refractivity contribution in [1.29, 1.82) is 0 Å². The van der Waals surface area contributed by atoms with E-state index in [1.807, 2.05) is 35.2 Å². The lowest BCUT2D eigenvalue weighted by atomic mass is 10.2. The summed E-state index contributed by atoms with van der Waals surface area (Å²) < 4.78 is 10.1. The molecule has 0 radical (unpaired) electrons. The van der Waals surface area contributed by atoms with Gasteiger partial charge in [0.1, 0.15) is 22.2 Å². The van der Waals surface area contributed by atoms with Crippen molar-refractivity contribution in [2.75, 3.05) is 13.1 Å². The Morgan fingerprint density at radius 2 is 2.23 bits per heavy atom. The summed E-state index contributed by atoms with van der Waals surface area (Å²) >= 11 is 1.19. The van der Waals surface area contributed by atoms with Gasteiger partial charge in [-0.15, -0.1) is 5.10 Å². The van der Waals surface area contributed by atoms with Crippen LogP contribution in [0.4, 0.5) is 0 Å². The van der Waals surface area contributed by atoms with Crippen molar-refractivity contribution in [3.63, 3.8) is 0 Å². The summed E-state index contributed by atoms with van der Waals surface area (Å²) in [6, 6.07) is 9.86. The van der Waals surface area contributed by atoms with Crippen LogP contribution in [-0.4, -0.2) is 44.6 Å². The Morgan fingerprint density at radius 3 is 3.12 bits per heavy atom. The van der Waals surface area contributed by atoms with Crippen molar-refractivity contribution in [2.24, 2.45) is 0 Å². The highest BCUT2D eigenvalue weighted by molar-refractivity contribution is 7.08. The number of carbonyl (C=O) groups is 1. The molecule has 4 rings (SSSR count). The Morgan fingerprint density at radius 1 is 1.35 bits per heavy atom. The number of fused-ring (bicyclic) bond motifs is 1. The van der Waals surface area contributed by atoms with E-state index in [1.54, 1.807) is 6.20 Å². The van der Waals surface area contributed by atoms with Crippen LogP contribution >= 0.6 is 11.5 Å². The topological polar surface area (TPSA) is 68.2 Å². The number of hydrogen-bond donors (Lipinski definition) is 0. The van der Waals surface area contributed by atoms with Crippen LogP contribution in [0.2, 0.25) is 0 Å². The Labute approximate surface area is 156 Å². The van der Waals surface area contributed by atoms with Crippen LogP contribution in [-0.2, 0) is 6.42 Å². The first-order chi connectivity index (χ1) is 12.8. The van der Waals surface area contributed by atoms with E-state index in [2.05, 4.69) is 21.5 Å². The molecule has 3 heterocycles. The molecule has 2 aromatic heterocycles. The molecule has 1 aliphatic heterocycles. The SMILES string of the molecule is CCCc1nnsc1C(=O)N1CCC(Oc2cccc3cccnc23)C1. The lowest BCUT2D eigenvalue weighted by molar-refractivity contribution is 0.0776.